The molecule has 1 aromatic heterocycles. The van der Waals surface area contributed by atoms with E-state index >= 15 is 0 Å². The maximum Gasteiger partial charge on any atom is 0.247 e. The zero-order valence-corrected chi connectivity index (χ0v) is 23.0. The molecule has 210 valence electrons. The molecule has 4 rings (SSSR count). The van der Waals surface area contributed by atoms with Gasteiger partial charge >= 0.3 is 0 Å². The third-order valence-corrected chi connectivity index (χ3v) is 6.80. The number of sulfonamides is 1. The van der Waals surface area contributed by atoms with Crippen LogP contribution in [0.2, 0.25) is 0 Å². The standard InChI is InChI=1S/C27H31N7O5S/c1-18-13-20-14-22(10-11-24(20)39-18)31-27(30-17-28)32-23-5-3-4-12-34(26(23)36)16-25(35)29-15-19-6-8-21(9-7-19)33-40(2,37)38/h6-11,13-14,23,33H,3-5,12,15-16H2,1-2H3,(H,29,35)(H2,30,31,32). The highest BCUT2D eigenvalue weighted by atomic mass is 32.2. The highest BCUT2D eigenvalue weighted by Crippen LogP contribution is 2.23. The minimum Gasteiger partial charge on any atom is -0.461 e. The molecule has 1 aliphatic rings. The Morgan fingerprint density at radius 2 is 1.90 bits per heavy atom. The van der Waals surface area contributed by atoms with E-state index in [1.54, 1.807) is 30.3 Å². The van der Waals surface area contributed by atoms with Gasteiger partial charge in [0.05, 0.1) is 12.8 Å². The summed E-state index contributed by atoms with van der Waals surface area (Å²) in [6.45, 7) is 2.39. The van der Waals surface area contributed by atoms with Gasteiger partial charge in [0.1, 0.15) is 17.4 Å². The minimum atomic E-state index is -3.37. The lowest BCUT2D eigenvalue weighted by atomic mass is 10.1. The molecule has 4 N–H and O–H groups in total. The Kier molecular flexibility index (Phi) is 8.90. The number of hydrogen-bond acceptors (Lipinski definition) is 7. The van der Waals surface area contributed by atoms with E-state index in [1.807, 2.05) is 31.3 Å². The first-order valence-electron chi connectivity index (χ1n) is 12.7. The molecule has 3 aromatic rings. The molecule has 2 heterocycles. The molecule has 2 amide bonds. The van der Waals surface area contributed by atoms with Crippen molar-refractivity contribution >= 4 is 50.1 Å². The molecule has 1 atom stereocenters. The Morgan fingerprint density at radius 1 is 1.15 bits per heavy atom. The van der Waals surface area contributed by atoms with Crippen molar-refractivity contribution in [1.82, 2.24) is 15.5 Å². The molecular weight excluding hydrogens is 534 g/mol. The van der Waals surface area contributed by atoms with Crippen LogP contribution >= 0.6 is 0 Å². The van der Waals surface area contributed by atoms with Crippen LogP contribution in [0.25, 0.3) is 11.0 Å². The van der Waals surface area contributed by atoms with Gasteiger partial charge < -0.3 is 20.0 Å². The van der Waals surface area contributed by atoms with E-state index in [4.69, 9.17) is 4.42 Å². The van der Waals surface area contributed by atoms with E-state index in [0.717, 1.165) is 41.4 Å². The number of furan rings is 1. The second kappa shape index (κ2) is 12.5. The number of nitrogens with one attached hydrogen (secondary N) is 4. The summed E-state index contributed by atoms with van der Waals surface area (Å²) in [5.41, 5.74) is 2.62. The van der Waals surface area contributed by atoms with Crippen molar-refractivity contribution in [3.63, 3.8) is 0 Å². The van der Waals surface area contributed by atoms with Crippen LogP contribution in [0.15, 0.2) is 57.9 Å². The average Bonchev–Trinajstić information content (AvgIpc) is 3.18. The monoisotopic (exact) mass is 565 g/mol. The SMILES string of the molecule is Cc1cc2cc(NC(=NC3CCCCN(CC(=O)NCc4ccc(NS(C)(=O)=O)cc4)C3=O)NC#N)ccc2o1. The van der Waals surface area contributed by atoms with Gasteiger partial charge in [0.2, 0.25) is 27.8 Å². The van der Waals surface area contributed by atoms with E-state index in [-0.39, 0.29) is 30.9 Å². The number of carbonyl (C=O) groups excluding carboxylic acids is 2. The second-order valence-corrected chi connectivity index (χ2v) is 11.3. The van der Waals surface area contributed by atoms with Gasteiger partial charge in [0, 0.05) is 29.9 Å². The average molecular weight is 566 g/mol. The largest absolute Gasteiger partial charge is 0.461 e. The third-order valence-electron chi connectivity index (χ3n) is 6.20. The fourth-order valence-corrected chi connectivity index (χ4v) is 4.96. The highest BCUT2D eigenvalue weighted by molar-refractivity contribution is 7.92. The summed E-state index contributed by atoms with van der Waals surface area (Å²) in [5, 5.41) is 18.5. The highest BCUT2D eigenvalue weighted by Gasteiger charge is 2.28. The summed E-state index contributed by atoms with van der Waals surface area (Å²) >= 11 is 0. The lowest BCUT2D eigenvalue weighted by Crippen LogP contribution is -2.44. The molecule has 1 aliphatic heterocycles. The molecule has 0 radical (unpaired) electrons. The Bertz CT molecular complexity index is 1560. The number of aliphatic imine (C=N–C) groups is 1. The number of amides is 2. The summed E-state index contributed by atoms with van der Waals surface area (Å²) in [5.74, 6) is 0.307. The molecule has 1 fully saturated rings. The van der Waals surface area contributed by atoms with Gasteiger partial charge in [0.25, 0.3) is 0 Å². The van der Waals surface area contributed by atoms with Crippen LogP contribution in [0.5, 0.6) is 0 Å². The molecule has 0 aliphatic carbocycles. The van der Waals surface area contributed by atoms with Crippen LogP contribution in [-0.4, -0.2) is 56.5 Å². The Hall–Kier alpha value is -4.57. The zero-order valence-electron chi connectivity index (χ0n) is 22.2. The van der Waals surface area contributed by atoms with Crippen molar-refractivity contribution < 1.29 is 22.4 Å². The van der Waals surface area contributed by atoms with E-state index in [9.17, 15) is 23.3 Å². The van der Waals surface area contributed by atoms with Crippen LogP contribution in [0.4, 0.5) is 11.4 Å². The summed E-state index contributed by atoms with van der Waals surface area (Å²) in [6.07, 6.45) is 4.88. The van der Waals surface area contributed by atoms with E-state index in [1.165, 1.54) is 4.90 Å². The zero-order chi connectivity index (χ0) is 28.7. The van der Waals surface area contributed by atoms with Gasteiger partial charge in [-0.3, -0.25) is 19.6 Å². The number of likely N-dealkylation sites (tertiary alicyclic amines) is 1. The Labute approximate surface area is 232 Å². The smallest absolute Gasteiger partial charge is 0.247 e. The van der Waals surface area contributed by atoms with Crippen LogP contribution in [0.1, 0.15) is 30.6 Å². The Morgan fingerprint density at radius 3 is 2.62 bits per heavy atom. The number of carbonyl (C=O) groups is 2. The maximum atomic E-state index is 13.3. The summed E-state index contributed by atoms with van der Waals surface area (Å²) in [6, 6.07) is 13.2. The van der Waals surface area contributed by atoms with Crippen LogP contribution in [-0.2, 0) is 26.2 Å². The number of nitriles is 1. The van der Waals surface area contributed by atoms with Crippen molar-refractivity contribution in [3.05, 3.63) is 59.9 Å². The topological polar surface area (TPSA) is 169 Å². The van der Waals surface area contributed by atoms with Crippen LogP contribution < -0.4 is 20.7 Å². The van der Waals surface area contributed by atoms with Gasteiger partial charge in [-0.1, -0.05) is 12.1 Å². The van der Waals surface area contributed by atoms with Crippen molar-refractivity contribution in [1.29, 1.82) is 5.26 Å². The first-order valence-corrected chi connectivity index (χ1v) is 14.6. The van der Waals surface area contributed by atoms with Crippen molar-refractivity contribution in [3.8, 4) is 6.19 Å². The first-order chi connectivity index (χ1) is 19.1. The molecule has 13 heteroatoms. The maximum absolute atomic E-state index is 13.3. The first kappa shape index (κ1) is 28.4. The van der Waals surface area contributed by atoms with E-state index < -0.39 is 16.1 Å². The molecule has 1 saturated heterocycles. The van der Waals surface area contributed by atoms with Crippen molar-refractivity contribution in [2.75, 3.05) is 29.4 Å². The number of hydrogen-bond donors (Lipinski definition) is 4. The molecule has 2 aromatic carbocycles. The fourth-order valence-electron chi connectivity index (χ4n) is 4.39. The molecule has 0 bridgehead atoms. The normalized spacial score (nSPS) is 16.2. The number of guanidine groups is 1. The summed E-state index contributed by atoms with van der Waals surface area (Å²) < 4.78 is 30.7. The van der Waals surface area contributed by atoms with Gasteiger partial charge in [-0.25, -0.2) is 13.4 Å². The molecule has 40 heavy (non-hydrogen) atoms. The lowest BCUT2D eigenvalue weighted by molar-refractivity contribution is -0.136. The number of aryl methyl sites for hydroxylation is 1. The molecule has 0 spiro atoms. The van der Waals surface area contributed by atoms with Gasteiger partial charge in [-0.05, 0) is 68.1 Å². The minimum absolute atomic E-state index is 0.122. The van der Waals surface area contributed by atoms with Gasteiger partial charge in [-0.15, -0.1) is 0 Å². The molecule has 12 nitrogen and oxygen atoms in total. The lowest BCUT2D eigenvalue weighted by Gasteiger charge is -2.22. The molecule has 1 unspecified atom stereocenters. The van der Waals surface area contributed by atoms with E-state index in [0.29, 0.717) is 24.3 Å². The van der Waals surface area contributed by atoms with Gasteiger partial charge in [-0.2, -0.15) is 5.26 Å². The number of anilines is 2. The summed E-state index contributed by atoms with van der Waals surface area (Å²) in [7, 11) is -3.37. The second-order valence-electron chi connectivity index (χ2n) is 9.57. The van der Waals surface area contributed by atoms with Gasteiger partial charge in [0.15, 0.2) is 6.19 Å². The van der Waals surface area contributed by atoms with Crippen LogP contribution in [0, 0.1) is 18.4 Å². The van der Waals surface area contributed by atoms with Crippen LogP contribution in [0.3, 0.4) is 0 Å². The number of fused-ring (bicyclic) bond motifs is 1. The quantitative estimate of drug-likeness (QED) is 0.140. The fraction of sp³-hybridized carbons (Fsp3) is 0.333. The number of rotatable bonds is 8. The molecule has 0 saturated carbocycles. The predicted molar refractivity (Wildman–Crippen MR) is 152 cm³/mol. The Balaban J connectivity index is 1.38. The third kappa shape index (κ3) is 7.97. The van der Waals surface area contributed by atoms with Crippen molar-refractivity contribution in [2.45, 2.75) is 38.8 Å². The number of benzene rings is 2. The number of nitrogens with zero attached hydrogens (tertiary/aromatic N) is 3. The van der Waals surface area contributed by atoms with E-state index in [2.05, 4.69) is 25.7 Å². The molecular formula is C27H31N7O5S. The predicted octanol–water partition coefficient (Wildman–Crippen LogP) is 2.65. The van der Waals surface area contributed by atoms with Crippen molar-refractivity contribution in [2.24, 2.45) is 4.99 Å². The summed E-state index contributed by atoms with van der Waals surface area (Å²) in [4.78, 5) is 32.0.